The maximum absolute atomic E-state index is 11.6. The lowest BCUT2D eigenvalue weighted by atomic mass is 9.86. The smallest absolute Gasteiger partial charge is 0.340 e. The number of carbonyl (C=O) groups is 2. The number of halogens is 1. The minimum absolute atomic E-state index is 0.0337. The topological polar surface area (TPSA) is 99.1 Å². The zero-order chi connectivity index (χ0) is 13.5. The summed E-state index contributed by atoms with van der Waals surface area (Å²) in [6.45, 7) is 0.0337. The number of urea groups is 1. The van der Waals surface area contributed by atoms with E-state index in [-0.39, 0.29) is 18.5 Å². The number of alkyl halides is 1. The molecule has 0 saturated heterocycles. The molecule has 1 saturated carbocycles. The fourth-order valence-corrected chi connectivity index (χ4v) is 2.21. The third kappa shape index (κ3) is 4.14. The highest BCUT2D eigenvalue weighted by Crippen LogP contribution is 2.24. The maximum Gasteiger partial charge on any atom is 0.340 e. The van der Waals surface area contributed by atoms with Crippen molar-refractivity contribution in [1.82, 2.24) is 10.3 Å². The second kappa shape index (κ2) is 7.15. The molecule has 0 aromatic carbocycles. The van der Waals surface area contributed by atoms with E-state index >= 15 is 0 Å². The van der Waals surface area contributed by atoms with Crippen LogP contribution in [-0.4, -0.2) is 40.6 Å². The summed E-state index contributed by atoms with van der Waals surface area (Å²) in [4.78, 5) is 32.9. The Bertz CT molecular complexity index is 326. The van der Waals surface area contributed by atoms with E-state index in [1.54, 1.807) is 0 Å². The van der Waals surface area contributed by atoms with Crippen LogP contribution in [0.1, 0.15) is 25.7 Å². The molecule has 18 heavy (non-hydrogen) atoms. The Morgan fingerprint density at radius 3 is 2.72 bits per heavy atom. The highest BCUT2D eigenvalue weighted by atomic mass is 35.5. The second-order valence-electron chi connectivity index (χ2n) is 4.24. The molecule has 0 radical (unpaired) electrons. The second-order valence-corrected chi connectivity index (χ2v) is 4.62. The number of nitrogens with zero attached hydrogens (tertiary/aromatic N) is 2. The van der Waals surface area contributed by atoms with E-state index in [0.717, 1.165) is 6.42 Å². The van der Waals surface area contributed by atoms with Gasteiger partial charge in [-0.2, -0.15) is 5.01 Å². The zero-order valence-electron chi connectivity index (χ0n) is 9.84. The van der Waals surface area contributed by atoms with Crippen LogP contribution in [0.5, 0.6) is 0 Å². The fourth-order valence-electron chi connectivity index (χ4n) is 2.05. The lowest BCUT2D eigenvalue weighted by Gasteiger charge is -2.28. The van der Waals surface area contributed by atoms with Crippen molar-refractivity contribution in [3.05, 3.63) is 4.91 Å². The number of nitrogens with one attached hydrogen (secondary N) is 1. The molecule has 7 nitrogen and oxygen atoms in total. The predicted octanol–water partition coefficient (Wildman–Crippen LogP) is 1.56. The van der Waals surface area contributed by atoms with Crippen LogP contribution < -0.4 is 5.32 Å². The molecular weight excluding hydrogens is 262 g/mol. The summed E-state index contributed by atoms with van der Waals surface area (Å²) < 4.78 is 0. The lowest BCUT2D eigenvalue weighted by molar-refractivity contribution is -0.143. The van der Waals surface area contributed by atoms with Crippen molar-refractivity contribution in [2.24, 2.45) is 11.2 Å². The average Bonchev–Trinajstić information content (AvgIpc) is 2.36. The van der Waals surface area contributed by atoms with E-state index < -0.39 is 17.9 Å². The van der Waals surface area contributed by atoms with E-state index in [4.69, 9.17) is 16.7 Å². The number of carboxylic acid groups (broad SMARTS) is 1. The van der Waals surface area contributed by atoms with Gasteiger partial charge in [-0.25, -0.2) is 4.79 Å². The molecule has 1 aliphatic rings. The molecule has 2 atom stereocenters. The van der Waals surface area contributed by atoms with Crippen molar-refractivity contribution in [2.75, 3.05) is 12.4 Å². The van der Waals surface area contributed by atoms with Crippen LogP contribution in [0.3, 0.4) is 0 Å². The van der Waals surface area contributed by atoms with Crippen molar-refractivity contribution in [1.29, 1.82) is 0 Å². The normalized spacial score (nSPS) is 23.2. The van der Waals surface area contributed by atoms with Crippen molar-refractivity contribution in [2.45, 2.75) is 31.7 Å². The minimum atomic E-state index is -0.847. The monoisotopic (exact) mass is 277 g/mol. The summed E-state index contributed by atoms with van der Waals surface area (Å²) in [6, 6.07) is -0.853. The van der Waals surface area contributed by atoms with Crippen LogP contribution in [-0.2, 0) is 4.79 Å². The van der Waals surface area contributed by atoms with Gasteiger partial charge in [-0.3, -0.25) is 4.79 Å². The highest BCUT2D eigenvalue weighted by Gasteiger charge is 2.28. The standard InChI is InChI=1S/C10H16ClN3O4/c11-4-5-14(13-18)10(17)12-8-3-1-2-7(6-8)9(15)16/h7-8H,1-6H2,(H,12,17)(H,15,16)/t7-,8-/m1/s1. The third-order valence-electron chi connectivity index (χ3n) is 2.98. The van der Waals surface area contributed by atoms with Crippen LogP contribution in [0, 0.1) is 10.8 Å². The highest BCUT2D eigenvalue weighted by molar-refractivity contribution is 6.18. The molecular formula is C10H16ClN3O4. The van der Waals surface area contributed by atoms with Gasteiger partial charge in [0.05, 0.1) is 17.7 Å². The van der Waals surface area contributed by atoms with Crippen molar-refractivity contribution in [3.63, 3.8) is 0 Å². The van der Waals surface area contributed by atoms with Gasteiger partial charge in [0.1, 0.15) is 0 Å². The van der Waals surface area contributed by atoms with Gasteiger partial charge in [-0.15, -0.1) is 16.5 Å². The Kier molecular flexibility index (Phi) is 5.84. The molecule has 1 aliphatic carbocycles. The molecule has 0 spiro atoms. The van der Waals surface area contributed by atoms with Crippen LogP contribution in [0.4, 0.5) is 4.79 Å². The summed E-state index contributed by atoms with van der Waals surface area (Å²) in [5, 5.41) is 14.8. The molecule has 102 valence electrons. The van der Waals surface area contributed by atoms with Crippen molar-refractivity contribution in [3.8, 4) is 0 Å². The first kappa shape index (κ1) is 14.7. The summed E-state index contributed by atoms with van der Waals surface area (Å²) in [5.74, 6) is -1.17. The minimum Gasteiger partial charge on any atom is -0.481 e. The number of nitroso groups, excluding NO2 is 1. The van der Waals surface area contributed by atoms with Crippen LogP contribution in [0.2, 0.25) is 0 Å². The Morgan fingerprint density at radius 1 is 1.44 bits per heavy atom. The number of carboxylic acids is 1. The molecule has 0 unspecified atom stereocenters. The SMILES string of the molecule is O=NN(CCCl)C(=O)N[C@@H]1CCC[C@@H](C(=O)O)C1. The first-order chi connectivity index (χ1) is 8.58. The number of hydrogen-bond donors (Lipinski definition) is 2. The van der Waals surface area contributed by atoms with Gasteiger partial charge < -0.3 is 10.4 Å². The van der Waals surface area contributed by atoms with Gasteiger partial charge in [0.15, 0.2) is 0 Å². The van der Waals surface area contributed by atoms with Crippen LogP contribution >= 0.6 is 11.6 Å². The number of amides is 2. The predicted molar refractivity (Wildman–Crippen MR) is 65.1 cm³/mol. The Morgan fingerprint density at radius 2 is 2.17 bits per heavy atom. The summed E-state index contributed by atoms with van der Waals surface area (Å²) in [7, 11) is 0. The molecule has 0 aromatic rings. The average molecular weight is 278 g/mol. The number of hydrogen-bond acceptors (Lipinski definition) is 4. The molecule has 2 amide bonds. The Hall–Kier alpha value is -1.37. The number of rotatable bonds is 5. The molecule has 1 rings (SSSR count). The summed E-state index contributed by atoms with van der Waals surface area (Å²) in [6.07, 6.45) is 2.46. The summed E-state index contributed by atoms with van der Waals surface area (Å²) in [5.41, 5.74) is 0. The first-order valence-electron chi connectivity index (χ1n) is 5.78. The molecule has 0 aliphatic heterocycles. The van der Waals surface area contributed by atoms with Crippen LogP contribution in [0.25, 0.3) is 0 Å². The van der Waals surface area contributed by atoms with Gasteiger partial charge in [0.25, 0.3) is 0 Å². The molecule has 0 aromatic heterocycles. The van der Waals surface area contributed by atoms with E-state index in [1.807, 2.05) is 0 Å². The zero-order valence-corrected chi connectivity index (χ0v) is 10.6. The van der Waals surface area contributed by atoms with Gasteiger partial charge >= 0.3 is 12.0 Å². The maximum atomic E-state index is 11.6. The Balaban J connectivity index is 2.48. The van der Waals surface area contributed by atoms with E-state index in [2.05, 4.69) is 10.6 Å². The van der Waals surface area contributed by atoms with Crippen molar-refractivity contribution < 1.29 is 14.7 Å². The fraction of sp³-hybridized carbons (Fsp3) is 0.800. The molecule has 0 heterocycles. The quantitative estimate of drug-likeness (QED) is 0.452. The van der Waals surface area contributed by atoms with Crippen molar-refractivity contribution >= 4 is 23.6 Å². The van der Waals surface area contributed by atoms with E-state index in [9.17, 15) is 14.5 Å². The van der Waals surface area contributed by atoms with Gasteiger partial charge in [-0.1, -0.05) is 6.42 Å². The van der Waals surface area contributed by atoms with E-state index in [0.29, 0.717) is 24.3 Å². The number of carbonyl (C=O) groups excluding carboxylic acids is 1. The van der Waals surface area contributed by atoms with Gasteiger partial charge in [0, 0.05) is 11.9 Å². The number of aliphatic carboxylic acids is 1. The molecule has 2 N–H and O–H groups in total. The molecule has 1 fully saturated rings. The van der Waals surface area contributed by atoms with Gasteiger partial charge in [0.2, 0.25) is 0 Å². The van der Waals surface area contributed by atoms with E-state index in [1.165, 1.54) is 0 Å². The van der Waals surface area contributed by atoms with Crippen LogP contribution in [0.15, 0.2) is 5.29 Å². The molecule has 8 heteroatoms. The van der Waals surface area contributed by atoms with Gasteiger partial charge in [-0.05, 0) is 19.3 Å². The Labute approximate surface area is 109 Å². The molecule has 0 bridgehead atoms. The largest absolute Gasteiger partial charge is 0.481 e. The lowest BCUT2D eigenvalue weighted by Crippen LogP contribution is -2.45. The third-order valence-corrected chi connectivity index (χ3v) is 3.15. The first-order valence-corrected chi connectivity index (χ1v) is 6.32. The summed E-state index contributed by atoms with van der Waals surface area (Å²) >= 11 is 5.43.